The Labute approximate surface area is 341 Å². The molecule has 3 heteroatoms. The normalized spacial score (nSPS) is 17.1. The maximum Gasteiger partial charge on any atom is -1.00 e. The molecular weight excluding hydrogens is 874 g/mol. The molecule has 3 aliphatic rings. The molecule has 1 saturated heterocycles. The molecule has 0 amide bonds. The molecule has 2 aliphatic carbocycles. The summed E-state index contributed by atoms with van der Waals surface area (Å²) in [6, 6.07) is 55.4. The van der Waals surface area contributed by atoms with Gasteiger partial charge in [-0.15, -0.1) is 0 Å². The van der Waals surface area contributed by atoms with Crippen LogP contribution in [0.25, 0.3) is 77.5 Å². The SMILES string of the molecule is CCC1=Cc2c(-c3c4ccccc4cc4ccccc34)cccc2[CH]1[Hf+2]1([CH]2C(CC)=Cc3c(-c4c5ccccc5cc5ccccc45)cccc32)[CH2][CH2]1.[Cl-].[Cl-]. The third-order valence-electron chi connectivity index (χ3n) is 13.2. The van der Waals surface area contributed by atoms with E-state index in [9.17, 15) is 0 Å². The van der Waals surface area contributed by atoms with Gasteiger partial charge in [-0.2, -0.15) is 0 Å². The van der Waals surface area contributed by atoms with Gasteiger partial charge in [-0.05, 0) is 0 Å². The van der Waals surface area contributed by atoms with Gasteiger partial charge in [-0.3, -0.25) is 0 Å². The number of halogens is 2. The van der Waals surface area contributed by atoms with Gasteiger partial charge in [0.1, 0.15) is 0 Å². The number of allylic oxidation sites excluding steroid dienone is 2. The topological polar surface area (TPSA) is 0 Å². The fourth-order valence-electron chi connectivity index (χ4n) is 10.8. The Hall–Kier alpha value is -4.27. The molecule has 55 heavy (non-hydrogen) atoms. The summed E-state index contributed by atoms with van der Waals surface area (Å²) in [5.74, 6) is 0. The van der Waals surface area contributed by atoms with Crippen LogP contribution in [0, 0.1) is 0 Å². The molecule has 0 radical (unpaired) electrons. The Kier molecular flexibility index (Phi) is 9.28. The first-order valence-electron chi connectivity index (χ1n) is 19.7. The van der Waals surface area contributed by atoms with Crippen LogP contribution in [0.2, 0.25) is 8.35 Å². The molecule has 0 bridgehead atoms. The average Bonchev–Trinajstić information content (AvgIpc) is 3.74. The third-order valence-corrected chi connectivity index (χ3v) is 32.3. The maximum atomic E-state index is 2.66. The van der Waals surface area contributed by atoms with Crippen LogP contribution >= 0.6 is 0 Å². The first kappa shape index (κ1) is 36.4. The summed E-state index contributed by atoms with van der Waals surface area (Å²) in [5.41, 5.74) is 15.3. The minimum Gasteiger partial charge on any atom is -1.00 e. The number of hydrogen-bond donors (Lipinski definition) is 0. The standard InChI is InChI=1S/2C25H19.C2H4.2ClH.Hf/c2*1-2-17-14-18-10-7-13-23(24(18)15-17)25-21-11-5-3-8-19(21)16-20-9-4-6-12-22(20)25;1-2;;;/h2*3-16H,2H2,1H3;1-2H2;2*1H;/q;;;;;+2/p-2. The number of benzene rings is 8. The summed E-state index contributed by atoms with van der Waals surface area (Å²) >= 11 is -3.08. The summed E-state index contributed by atoms with van der Waals surface area (Å²) in [6.45, 7) is 4.84. The molecule has 8 aromatic rings. The van der Waals surface area contributed by atoms with Crippen LogP contribution in [0.4, 0.5) is 0 Å². The number of fused-ring (bicyclic) bond motifs is 6. The van der Waals surface area contributed by atoms with Crippen LogP contribution in [0.3, 0.4) is 0 Å². The van der Waals surface area contributed by atoms with Crippen molar-refractivity contribution in [2.75, 3.05) is 0 Å². The average molecular weight is 916 g/mol. The monoisotopic (exact) mass is 916 g/mol. The van der Waals surface area contributed by atoms with Crippen molar-refractivity contribution in [2.45, 2.75) is 42.4 Å². The first-order valence-corrected chi connectivity index (χ1v) is 28.9. The van der Waals surface area contributed by atoms with E-state index in [0.29, 0.717) is 7.35 Å². The van der Waals surface area contributed by atoms with Crippen molar-refractivity contribution in [3.05, 3.63) is 179 Å². The fraction of sp³-hybridized carbons (Fsp3) is 0.154. The van der Waals surface area contributed by atoms with Crippen molar-refractivity contribution in [1.29, 1.82) is 0 Å². The molecule has 268 valence electrons. The summed E-state index contributed by atoms with van der Waals surface area (Å²) in [7, 11) is 0. The molecule has 0 spiro atoms. The van der Waals surface area contributed by atoms with Crippen molar-refractivity contribution in [2.24, 2.45) is 0 Å². The van der Waals surface area contributed by atoms with Gasteiger partial charge in [0.2, 0.25) is 0 Å². The second-order valence-electron chi connectivity index (χ2n) is 15.7. The number of hydrogen-bond acceptors (Lipinski definition) is 0. The van der Waals surface area contributed by atoms with Crippen LogP contribution in [0.15, 0.2) is 157 Å². The van der Waals surface area contributed by atoms with E-state index in [4.69, 9.17) is 0 Å². The molecule has 1 heterocycles. The Morgan fingerprint density at radius 2 is 0.782 bits per heavy atom. The van der Waals surface area contributed by atoms with Crippen molar-refractivity contribution in [3.8, 4) is 22.3 Å². The van der Waals surface area contributed by atoms with Gasteiger partial charge in [0.25, 0.3) is 0 Å². The molecule has 8 aromatic carbocycles. The van der Waals surface area contributed by atoms with Crippen molar-refractivity contribution in [1.82, 2.24) is 0 Å². The summed E-state index contributed by atoms with van der Waals surface area (Å²) in [6.07, 6.45) is 7.58. The van der Waals surface area contributed by atoms with E-state index in [2.05, 4.69) is 172 Å². The molecule has 1 fully saturated rings. The van der Waals surface area contributed by atoms with E-state index >= 15 is 0 Å². The summed E-state index contributed by atoms with van der Waals surface area (Å²) < 4.78 is 4.24. The molecule has 0 nitrogen and oxygen atoms in total. The minimum absolute atomic E-state index is 0. The minimum atomic E-state index is -3.08. The van der Waals surface area contributed by atoms with Gasteiger partial charge >= 0.3 is 319 Å². The van der Waals surface area contributed by atoms with Crippen molar-refractivity contribution < 1.29 is 44.8 Å². The zero-order valence-electron chi connectivity index (χ0n) is 31.3. The van der Waals surface area contributed by atoms with Crippen molar-refractivity contribution in [3.63, 3.8) is 0 Å². The Balaban J connectivity index is 0.00000198. The second kappa shape index (κ2) is 14.0. The summed E-state index contributed by atoms with van der Waals surface area (Å²) in [4.78, 5) is 0. The van der Waals surface area contributed by atoms with E-state index in [1.54, 1.807) is 22.3 Å². The van der Waals surface area contributed by atoms with Gasteiger partial charge in [-0.25, -0.2) is 0 Å². The van der Waals surface area contributed by atoms with Gasteiger partial charge < -0.3 is 24.8 Å². The van der Waals surface area contributed by atoms with E-state index in [1.807, 2.05) is 0 Å². The molecular formula is C52H42Cl2Hf. The molecule has 0 N–H and O–H groups in total. The van der Waals surface area contributed by atoms with Crippen LogP contribution in [0.5, 0.6) is 0 Å². The quantitative estimate of drug-likeness (QED) is 0.116. The van der Waals surface area contributed by atoms with E-state index in [0.717, 1.165) is 12.8 Å². The molecule has 1 aliphatic heterocycles. The molecule has 0 aromatic heterocycles. The van der Waals surface area contributed by atoms with Crippen LogP contribution in [-0.2, 0) is 20.0 Å². The smallest absolute Gasteiger partial charge is 1.00 e. The van der Waals surface area contributed by atoms with Gasteiger partial charge in [0, 0.05) is 0 Å². The van der Waals surface area contributed by atoms with Gasteiger partial charge in [-0.1, -0.05) is 0 Å². The predicted molar refractivity (Wildman–Crippen MR) is 225 cm³/mol. The molecule has 0 saturated carbocycles. The zero-order valence-corrected chi connectivity index (χ0v) is 36.4. The Bertz CT molecular complexity index is 2590. The summed E-state index contributed by atoms with van der Waals surface area (Å²) in [5, 5.41) is 10.7. The predicted octanol–water partition coefficient (Wildman–Crippen LogP) is 9.04. The number of rotatable bonds is 6. The first-order chi connectivity index (χ1) is 26.2. The van der Waals surface area contributed by atoms with Crippen LogP contribution < -0.4 is 24.8 Å². The van der Waals surface area contributed by atoms with Crippen LogP contribution in [-0.4, -0.2) is 0 Å². The Morgan fingerprint density at radius 3 is 1.11 bits per heavy atom. The fourth-order valence-corrected chi connectivity index (χ4v) is 39.3. The third kappa shape index (κ3) is 5.41. The molecule has 11 rings (SSSR count). The second-order valence-corrected chi connectivity index (χ2v) is 32.4. The molecule has 2 unspecified atom stereocenters. The van der Waals surface area contributed by atoms with E-state index < -0.39 is 20.0 Å². The van der Waals surface area contributed by atoms with Crippen molar-refractivity contribution >= 4 is 55.2 Å². The van der Waals surface area contributed by atoms with Gasteiger partial charge in [0.05, 0.1) is 0 Å². The van der Waals surface area contributed by atoms with Gasteiger partial charge in [0.15, 0.2) is 0 Å². The van der Waals surface area contributed by atoms with E-state index in [-0.39, 0.29) is 24.8 Å². The maximum absolute atomic E-state index is 3.08. The van der Waals surface area contributed by atoms with E-state index in [1.165, 1.54) is 84.8 Å². The largest absolute Gasteiger partial charge is 1.00 e. The Morgan fingerprint density at radius 1 is 0.436 bits per heavy atom. The van der Waals surface area contributed by atoms with Crippen LogP contribution in [0.1, 0.15) is 56.3 Å². The molecule has 2 atom stereocenters. The zero-order chi connectivity index (χ0) is 35.3.